The number of hydrogen-bond donors (Lipinski definition) is 0. The maximum atomic E-state index is 13.6. The SMILES string of the molecule is CC1(C)CC[C@]2(C)CC[C@]3(C)C(=CC[C@@H]4[C@@]5(C)C(=O)C(=O)CC(C)(C)C5CC[C@]43C)[C@H]2C1. The van der Waals surface area contributed by atoms with Crippen LogP contribution in [0.5, 0.6) is 0 Å². The molecule has 5 aliphatic carbocycles. The third-order valence-electron chi connectivity index (χ3n) is 12.5. The highest BCUT2D eigenvalue weighted by molar-refractivity contribution is 6.40. The molecule has 0 saturated heterocycles. The van der Waals surface area contributed by atoms with E-state index in [0.717, 1.165) is 12.8 Å². The van der Waals surface area contributed by atoms with Crippen molar-refractivity contribution in [2.24, 2.45) is 50.2 Å². The zero-order valence-electron chi connectivity index (χ0n) is 22.0. The Kier molecular flexibility index (Phi) is 4.57. The molecular formula is C30H46O2. The van der Waals surface area contributed by atoms with E-state index in [2.05, 4.69) is 61.5 Å². The van der Waals surface area contributed by atoms with Gasteiger partial charge < -0.3 is 0 Å². The number of hydrogen-bond acceptors (Lipinski definition) is 2. The monoisotopic (exact) mass is 438 g/mol. The number of carbonyl (C=O) groups is 2. The number of allylic oxidation sites excluding steroid dienone is 2. The lowest BCUT2D eigenvalue weighted by atomic mass is 9.33. The quantitative estimate of drug-likeness (QED) is 0.289. The minimum absolute atomic E-state index is 0.0438. The highest BCUT2D eigenvalue weighted by Gasteiger charge is 2.70. The van der Waals surface area contributed by atoms with E-state index < -0.39 is 5.41 Å². The molecule has 0 N–H and O–H groups in total. The number of Topliss-reactive ketones (excluding diaryl/α,β-unsaturated/α-hetero) is 2. The Labute approximate surface area is 196 Å². The number of carbonyl (C=O) groups excluding carboxylic acids is 2. The molecular weight excluding hydrogens is 392 g/mol. The zero-order chi connectivity index (χ0) is 23.5. The predicted octanol–water partition coefficient (Wildman–Crippen LogP) is 7.56. The molecule has 178 valence electrons. The first kappa shape index (κ1) is 22.9. The first-order chi connectivity index (χ1) is 14.6. The molecule has 2 nitrogen and oxygen atoms in total. The highest BCUT2D eigenvalue weighted by atomic mass is 16.2. The van der Waals surface area contributed by atoms with Gasteiger partial charge in [0.05, 0.1) is 0 Å². The third kappa shape index (κ3) is 2.65. The second kappa shape index (κ2) is 6.39. The Balaban J connectivity index is 1.62. The number of fused-ring (bicyclic) bond motifs is 7. The summed E-state index contributed by atoms with van der Waals surface area (Å²) in [5.41, 5.74) is 2.23. The second-order valence-corrected chi connectivity index (χ2v) is 15.1. The van der Waals surface area contributed by atoms with Crippen molar-refractivity contribution in [2.75, 3.05) is 0 Å². The second-order valence-electron chi connectivity index (χ2n) is 15.1. The average molecular weight is 439 g/mol. The van der Waals surface area contributed by atoms with E-state index in [1.165, 1.54) is 38.5 Å². The predicted molar refractivity (Wildman–Crippen MR) is 130 cm³/mol. The van der Waals surface area contributed by atoms with Crippen molar-refractivity contribution in [3.05, 3.63) is 11.6 Å². The van der Waals surface area contributed by atoms with Crippen LogP contribution in [-0.2, 0) is 9.59 Å². The molecule has 2 heteroatoms. The van der Waals surface area contributed by atoms with Crippen molar-refractivity contribution in [3.63, 3.8) is 0 Å². The van der Waals surface area contributed by atoms with E-state index >= 15 is 0 Å². The standard InChI is InChI=1S/C30H46O2/c1-25(2)13-14-27(5)15-16-28(6)19(20(27)17-25)9-10-23-29(28,7)12-11-22-26(3,4)18-21(31)24(32)30(22,23)8/h9,20,22-23H,10-18H2,1-8H3/t20-,22?,23+,27-,28-,29-,30+/m1/s1. The molecule has 5 aliphatic rings. The lowest BCUT2D eigenvalue weighted by Gasteiger charge is -2.70. The summed E-state index contributed by atoms with van der Waals surface area (Å²) in [7, 11) is 0. The van der Waals surface area contributed by atoms with Crippen molar-refractivity contribution >= 4 is 11.6 Å². The van der Waals surface area contributed by atoms with Crippen LogP contribution in [0.4, 0.5) is 0 Å². The summed E-state index contributed by atoms with van der Waals surface area (Å²) in [6.45, 7) is 19.2. The summed E-state index contributed by atoms with van der Waals surface area (Å²) in [6.07, 6.45) is 12.8. The fourth-order valence-electron chi connectivity index (χ4n) is 10.2. The van der Waals surface area contributed by atoms with Gasteiger partial charge >= 0.3 is 0 Å². The van der Waals surface area contributed by atoms with Gasteiger partial charge in [0.25, 0.3) is 0 Å². The van der Waals surface area contributed by atoms with Crippen molar-refractivity contribution in [2.45, 2.75) is 113 Å². The smallest absolute Gasteiger partial charge is 0.204 e. The Bertz CT molecular complexity index is 908. The summed E-state index contributed by atoms with van der Waals surface area (Å²) in [5, 5.41) is 0. The van der Waals surface area contributed by atoms with Crippen LogP contribution in [0.3, 0.4) is 0 Å². The molecule has 4 fully saturated rings. The maximum Gasteiger partial charge on any atom is 0.204 e. The summed E-state index contributed by atoms with van der Waals surface area (Å²) in [6, 6.07) is 0. The Morgan fingerprint density at radius 3 is 2.16 bits per heavy atom. The first-order valence-electron chi connectivity index (χ1n) is 13.4. The molecule has 0 aliphatic heterocycles. The molecule has 0 spiro atoms. The molecule has 4 saturated carbocycles. The lowest BCUT2D eigenvalue weighted by Crippen LogP contribution is -2.66. The van der Waals surface area contributed by atoms with Gasteiger partial charge in [0.1, 0.15) is 0 Å². The molecule has 0 bridgehead atoms. The summed E-state index contributed by atoms with van der Waals surface area (Å²) in [5.74, 6) is 1.12. The Morgan fingerprint density at radius 2 is 1.47 bits per heavy atom. The topological polar surface area (TPSA) is 34.1 Å². The molecule has 1 unspecified atom stereocenters. The van der Waals surface area contributed by atoms with E-state index in [9.17, 15) is 9.59 Å². The molecule has 5 rings (SSSR count). The number of ketones is 2. The number of rotatable bonds is 0. The van der Waals surface area contributed by atoms with Gasteiger partial charge in [-0.05, 0) is 96.2 Å². The van der Waals surface area contributed by atoms with Crippen LogP contribution < -0.4 is 0 Å². The maximum absolute atomic E-state index is 13.6. The first-order valence-corrected chi connectivity index (χ1v) is 13.4. The Morgan fingerprint density at radius 1 is 0.812 bits per heavy atom. The fraction of sp³-hybridized carbons (Fsp3) is 0.867. The fourth-order valence-corrected chi connectivity index (χ4v) is 10.2. The van der Waals surface area contributed by atoms with E-state index in [0.29, 0.717) is 29.1 Å². The van der Waals surface area contributed by atoms with Gasteiger partial charge in [0, 0.05) is 11.8 Å². The van der Waals surface area contributed by atoms with Gasteiger partial charge in [-0.1, -0.05) is 67.0 Å². The molecule has 0 aromatic carbocycles. The molecule has 32 heavy (non-hydrogen) atoms. The van der Waals surface area contributed by atoms with Crippen molar-refractivity contribution in [1.82, 2.24) is 0 Å². The van der Waals surface area contributed by atoms with Crippen LogP contribution in [0.25, 0.3) is 0 Å². The van der Waals surface area contributed by atoms with Crippen LogP contribution in [0.1, 0.15) is 113 Å². The van der Waals surface area contributed by atoms with Gasteiger partial charge in [0.2, 0.25) is 5.78 Å². The van der Waals surface area contributed by atoms with Gasteiger partial charge in [-0.15, -0.1) is 0 Å². The molecule has 0 amide bonds. The largest absolute Gasteiger partial charge is 0.291 e. The van der Waals surface area contributed by atoms with Crippen LogP contribution in [-0.4, -0.2) is 11.6 Å². The highest BCUT2D eigenvalue weighted by Crippen LogP contribution is 2.75. The van der Waals surface area contributed by atoms with Crippen molar-refractivity contribution in [3.8, 4) is 0 Å². The van der Waals surface area contributed by atoms with Crippen molar-refractivity contribution < 1.29 is 9.59 Å². The molecule has 0 aromatic rings. The summed E-state index contributed by atoms with van der Waals surface area (Å²) in [4.78, 5) is 26.6. The molecule has 0 aromatic heterocycles. The van der Waals surface area contributed by atoms with Gasteiger partial charge in [-0.25, -0.2) is 0 Å². The third-order valence-corrected chi connectivity index (χ3v) is 12.5. The van der Waals surface area contributed by atoms with Crippen LogP contribution in [0.15, 0.2) is 11.6 Å². The van der Waals surface area contributed by atoms with E-state index in [-0.39, 0.29) is 33.7 Å². The van der Waals surface area contributed by atoms with Gasteiger partial charge in [0.15, 0.2) is 5.78 Å². The molecule has 0 radical (unpaired) electrons. The average Bonchev–Trinajstić information content (AvgIpc) is 2.68. The van der Waals surface area contributed by atoms with Gasteiger partial charge in [-0.2, -0.15) is 0 Å². The minimum Gasteiger partial charge on any atom is -0.291 e. The lowest BCUT2D eigenvalue weighted by molar-refractivity contribution is -0.188. The summed E-state index contributed by atoms with van der Waals surface area (Å²) >= 11 is 0. The van der Waals surface area contributed by atoms with E-state index in [1.54, 1.807) is 5.57 Å². The van der Waals surface area contributed by atoms with Crippen molar-refractivity contribution in [1.29, 1.82) is 0 Å². The normalized spacial score (nSPS) is 51.6. The van der Waals surface area contributed by atoms with Crippen LogP contribution >= 0.6 is 0 Å². The van der Waals surface area contributed by atoms with E-state index in [4.69, 9.17) is 0 Å². The van der Waals surface area contributed by atoms with Gasteiger partial charge in [-0.3, -0.25) is 9.59 Å². The minimum atomic E-state index is -0.510. The summed E-state index contributed by atoms with van der Waals surface area (Å²) < 4.78 is 0. The van der Waals surface area contributed by atoms with E-state index in [1.807, 2.05) is 0 Å². The van der Waals surface area contributed by atoms with Crippen LogP contribution in [0, 0.1) is 50.2 Å². The Hall–Kier alpha value is -0.920. The van der Waals surface area contributed by atoms with Crippen LogP contribution in [0.2, 0.25) is 0 Å². The molecule has 0 heterocycles. The molecule has 7 atom stereocenters. The zero-order valence-corrected chi connectivity index (χ0v) is 22.0.